The third-order valence-corrected chi connectivity index (χ3v) is 7.23. The zero-order valence-corrected chi connectivity index (χ0v) is 16.5. The van der Waals surface area contributed by atoms with Crippen molar-refractivity contribution < 1.29 is 24.9 Å². The van der Waals surface area contributed by atoms with Crippen molar-refractivity contribution in [2.45, 2.75) is 49.3 Å². The summed E-state index contributed by atoms with van der Waals surface area (Å²) in [6.07, 6.45) is 4.83. The molecule has 1 amide bonds. The third kappa shape index (κ3) is 2.38. The Morgan fingerprint density at radius 1 is 0.767 bits per heavy atom. The molecule has 0 aliphatic heterocycles. The van der Waals surface area contributed by atoms with E-state index in [1.807, 2.05) is 0 Å². The van der Waals surface area contributed by atoms with Crippen molar-refractivity contribution in [3.8, 4) is 0 Å². The smallest absolute Gasteiger partial charge is 0.311 e. The zero-order chi connectivity index (χ0) is 21.1. The van der Waals surface area contributed by atoms with Crippen LogP contribution in [-0.2, 0) is 20.8 Å². The van der Waals surface area contributed by atoms with Crippen LogP contribution < -0.4 is 5.32 Å². The van der Waals surface area contributed by atoms with Gasteiger partial charge in [0.05, 0.1) is 5.92 Å². The highest BCUT2D eigenvalue weighted by Gasteiger charge is 2.69. The van der Waals surface area contributed by atoms with Crippen LogP contribution in [0.3, 0.4) is 0 Å². The van der Waals surface area contributed by atoms with Gasteiger partial charge in [0.2, 0.25) is 5.91 Å². The molecule has 0 aromatic heterocycles. The summed E-state index contributed by atoms with van der Waals surface area (Å²) < 4.78 is 0. The monoisotopic (exact) mass is 407 g/mol. The quantitative estimate of drug-likeness (QED) is 0.624. The fourth-order valence-corrected chi connectivity index (χ4v) is 5.94. The second-order valence-corrected chi connectivity index (χ2v) is 8.76. The Balaban J connectivity index is 1.72. The summed E-state index contributed by atoms with van der Waals surface area (Å²) in [4.78, 5) is 26.0. The molecule has 1 saturated carbocycles. The van der Waals surface area contributed by atoms with E-state index in [4.69, 9.17) is 0 Å². The van der Waals surface area contributed by atoms with E-state index < -0.39 is 34.9 Å². The molecule has 2 atom stereocenters. The summed E-state index contributed by atoms with van der Waals surface area (Å²) in [5, 5.41) is 37.2. The highest BCUT2D eigenvalue weighted by atomic mass is 16.4. The summed E-state index contributed by atoms with van der Waals surface area (Å²) in [7, 11) is 0. The molecule has 156 valence electrons. The number of amides is 1. The van der Waals surface area contributed by atoms with Crippen LogP contribution in [0.1, 0.15) is 54.4 Å². The number of aliphatic carboxylic acids is 1. The van der Waals surface area contributed by atoms with Gasteiger partial charge in [-0.25, -0.2) is 0 Å². The summed E-state index contributed by atoms with van der Waals surface area (Å²) >= 11 is 0. The first-order chi connectivity index (χ1) is 14.4. The molecule has 6 rings (SSSR count). The largest absolute Gasteiger partial charge is 0.481 e. The van der Waals surface area contributed by atoms with E-state index in [1.54, 1.807) is 48.5 Å². The zero-order valence-electron chi connectivity index (χ0n) is 16.5. The molecule has 1 fully saturated rings. The molecule has 4 N–H and O–H groups in total. The lowest BCUT2D eigenvalue weighted by molar-refractivity contribution is -0.180. The van der Waals surface area contributed by atoms with Crippen molar-refractivity contribution in [2.75, 3.05) is 0 Å². The average molecular weight is 407 g/mol. The summed E-state index contributed by atoms with van der Waals surface area (Å²) in [6, 6.07) is 13.5. The topological polar surface area (TPSA) is 107 Å². The minimum atomic E-state index is -1.90. The standard InChI is InChI=1S/C24H25NO5/c26-21(25-14-8-2-1-3-9-14)19-20(22(27)28)24(30)17-12-6-4-10-15(17)23(19,29)16-11-5-7-13-18(16)24/h4-7,10-14,19-20,29-30H,1-3,8-9H2,(H,25,26)(H,27,28). The molecule has 30 heavy (non-hydrogen) atoms. The Morgan fingerprint density at radius 2 is 1.20 bits per heavy atom. The number of fused-ring (bicyclic) bond motifs is 1. The molecule has 2 bridgehead atoms. The van der Waals surface area contributed by atoms with Crippen molar-refractivity contribution in [1.82, 2.24) is 5.32 Å². The van der Waals surface area contributed by atoms with Gasteiger partial charge in [-0.1, -0.05) is 67.8 Å². The number of nitrogens with one attached hydrogen (secondary N) is 1. The maximum Gasteiger partial charge on any atom is 0.311 e. The van der Waals surface area contributed by atoms with Crippen molar-refractivity contribution in [3.05, 3.63) is 70.8 Å². The van der Waals surface area contributed by atoms with Gasteiger partial charge in [-0.15, -0.1) is 0 Å². The number of carbonyl (C=O) groups excluding carboxylic acids is 1. The minimum absolute atomic E-state index is 0.0371. The Morgan fingerprint density at radius 3 is 1.63 bits per heavy atom. The molecule has 6 nitrogen and oxygen atoms in total. The van der Waals surface area contributed by atoms with Crippen LogP contribution in [0.5, 0.6) is 0 Å². The predicted molar refractivity (Wildman–Crippen MR) is 109 cm³/mol. The van der Waals surface area contributed by atoms with Crippen molar-refractivity contribution in [3.63, 3.8) is 0 Å². The lowest BCUT2D eigenvalue weighted by atomic mass is 9.49. The first-order valence-corrected chi connectivity index (χ1v) is 10.6. The highest BCUT2D eigenvalue weighted by Crippen LogP contribution is 2.62. The van der Waals surface area contributed by atoms with E-state index in [1.165, 1.54) is 0 Å². The van der Waals surface area contributed by atoms with Gasteiger partial charge in [0.15, 0.2) is 0 Å². The number of aliphatic hydroxyl groups is 2. The first-order valence-electron chi connectivity index (χ1n) is 10.6. The third-order valence-electron chi connectivity index (χ3n) is 7.23. The summed E-state index contributed by atoms with van der Waals surface area (Å²) in [6.45, 7) is 0. The lowest BCUT2D eigenvalue weighted by Gasteiger charge is -2.57. The molecule has 4 aliphatic rings. The van der Waals surface area contributed by atoms with Crippen molar-refractivity contribution in [1.29, 1.82) is 0 Å². The maximum atomic E-state index is 13.5. The van der Waals surface area contributed by atoms with E-state index in [9.17, 15) is 24.9 Å². The van der Waals surface area contributed by atoms with Crippen LogP contribution in [0, 0.1) is 11.8 Å². The summed E-state index contributed by atoms with van der Waals surface area (Å²) in [5.41, 5.74) is -2.25. The van der Waals surface area contributed by atoms with E-state index in [0.29, 0.717) is 22.3 Å². The number of hydrogen-bond donors (Lipinski definition) is 4. The SMILES string of the molecule is O=C(O)C1C(C(=O)NC2CCCCC2)C2(O)c3ccccc3C1(O)c1ccccc12. The van der Waals surface area contributed by atoms with Crippen LogP contribution in [0.4, 0.5) is 0 Å². The number of carboxylic acids is 1. The molecule has 0 saturated heterocycles. The van der Waals surface area contributed by atoms with Crippen LogP contribution in [0.15, 0.2) is 48.5 Å². The van der Waals surface area contributed by atoms with Gasteiger partial charge in [-0.3, -0.25) is 9.59 Å². The Labute approximate surface area is 174 Å². The van der Waals surface area contributed by atoms with Gasteiger partial charge in [0.1, 0.15) is 17.1 Å². The van der Waals surface area contributed by atoms with Crippen LogP contribution >= 0.6 is 0 Å². The Bertz CT molecular complexity index is 978. The summed E-state index contributed by atoms with van der Waals surface area (Å²) in [5.74, 6) is -4.66. The normalized spacial score (nSPS) is 32.2. The minimum Gasteiger partial charge on any atom is -0.481 e. The molecule has 6 heteroatoms. The van der Waals surface area contributed by atoms with Gasteiger partial charge in [0, 0.05) is 6.04 Å². The van der Waals surface area contributed by atoms with Gasteiger partial charge >= 0.3 is 5.97 Å². The number of carboxylic acid groups (broad SMARTS) is 1. The molecule has 0 radical (unpaired) electrons. The molecule has 2 aromatic rings. The second-order valence-electron chi connectivity index (χ2n) is 8.76. The van der Waals surface area contributed by atoms with E-state index in [0.717, 1.165) is 32.1 Å². The molecular weight excluding hydrogens is 382 g/mol. The average Bonchev–Trinajstić information content (AvgIpc) is 2.76. The fourth-order valence-electron chi connectivity index (χ4n) is 5.94. The molecule has 0 heterocycles. The fraction of sp³-hybridized carbons (Fsp3) is 0.417. The van der Waals surface area contributed by atoms with Crippen LogP contribution in [0.2, 0.25) is 0 Å². The Kier molecular flexibility index (Phi) is 4.27. The predicted octanol–water partition coefficient (Wildman–Crippen LogP) is 2.25. The highest BCUT2D eigenvalue weighted by molar-refractivity contribution is 5.91. The van der Waals surface area contributed by atoms with Crippen LogP contribution in [-0.4, -0.2) is 33.2 Å². The van der Waals surface area contributed by atoms with Crippen molar-refractivity contribution in [2.24, 2.45) is 11.8 Å². The molecular formula is C24H25NO5. The molecule has 4 aliphatic carbocycles. The molecule has 2 aromatic carbocycles. The first kappa shape index (κ1) is 19.3. The molecule has 0 spiro atoms. The molecule has 2 unspecified atom stereocenters. The van der Waals surface area contributed by atoms with Gasteiger partial charge in [-0.2, -0.15) is 0 Å². The van der Waals surface area contributed by atoms with Gasteiger partial charge in [0.25, 0.3) is 0 Å². The number of rotatable bonds is 3. The van der Waals surface area contributed by atoms with Crippen LogP contribution in [0.25, 0.3) is 0 Å². The van der Waals surface area contributed by atoms with E-state index in [-0.39, 0.29) is 6.04 Å². The van der Waals surface area contributed by atoms with E-state index in [2.05, 4.69) is 5.32 Å². The number of hydrogen-bond acceptors (Lipinski definition) is 4. The maximum absolute atomic E-state index is 13.5. The van der Waals surface area contributed by atoms with Crippen molar-refractivity contribution >= 4 is 11.9 Å². The lowest BCUT2D eigenvalue weighted by Crippen LogP contribution is -2.66. The van der Waals surface area contributed by atoms with Gasteiger partial charge < -0.3 is 20.6 Å². The second kappa shape index (κ2) is 6.65. The Hall–Kier alpha value is -2.70. The van der Waals surface area contributed by atoms with E-state index >= 15 is 0 Å². The number of benzene rings is 2. The number of carbonyl (C=O) groups is 2. The van der Waals surface area contributed by atoms with Gasteiger partial charge in [-0.05, 0) is 35.1 Å².